The van der Waals surface area contributed by atoms with Gasteiger partial charge in [-0.05, 0) is 47.1 Å². The van der Waals surface area contributed by atoms with Gasteiger partial charge in [-0.15, -0.1) is 0 Å². The first-order chi connectivity index (χ1) is 7.34. The van der Waals surface area contributed by atoms with Gasteiger partial charge in [0.05, 0.1) is 0 Å². The molecular weight excluding hydrogens is 180 g/mol. The standard InChI is InChI=1S/C15H16/c1-11-6-9-15-13(10-11)8-7-12-4-2-3-5-14(12)15/h2-5,7-8,11H,6,9-10H2,1H3/t11-/m1/s1. The molecule has 0 fully saturated rings. The zero-order valence-electron chi connectivity index (χ0n) is 9.16. The Morgan fingerprint density at radius 1 is 1.07 bits per heavy atom. The van der Waals surface area contributed by atoms with Crippen LogP contribution in [0.1, 0.15) is 24.5 Å². The average Bonchev–Trinajstić information content (AvgIpc) is 2.28. The van der Waals surface area contributed by atoms with Crippen molar-refractivity contribution in [3.8, 4) is 0 Å². The quantitative estimate of drug-likeness (QED) is 0.598. The summed E-state index contributed by atoms with van der Waals surface area (Å²) in [7, 11) is 0. The Morgan fingerprint density at radius 3 is 2.87 bits per heavy atom. The Labute approximate surface area is 90.9 Å². The van der Waals surface area contributed by atoms with Gasteiger partial charge >= 0.3 is 0 Å². The Kier molecular flexibility index (Phi) is 2.02. The topological polar surface area (TPSA) is 0 Å². The predicted octanol–water partition coefficient (Wildman–Crippen LogP) is 3.96. The third-order valence-corrected chi connectivity index (χ3v) is 3.59. The first kappa shape index (κ1) is 8.96. The summed E-state index contributed by atoms with van der Waals surface area (Å²) in [4.78, 5) is 0. The molecule has 0 amide bonds. The van der Waals surface area contributed by atoms with E-state index in [0.29, 0.717) is 0 Å². The van der Waals surface area contributed by atoms with E-state index in [2.05, 4.69) is 43.3 Å². The first-order valence-corrected chi connectivity index (χ1v) is 5.84. The van der Waals surface area contributed by atoms with Crippen LogP contribution in [0.25, 0.3) is 10.8 Å². The highest BCUT2D eigenvalue weighted by molar-refractivity contribution is 5.87. The highest BCUT2D eigenvalue weighted by Crippen LogP contribution is 2.31. The van der Waals surface area contributed by atoms with Gasteiger partial charge in [0.25, 0.3) is 0 Å². The lowest BCUT2D eigenvalue weighted by atomic mass is 9.82. The molecule has 0 nitrogen and oxygen atoms in total. The van der Waals surface area contributed by atoms with Crippen molar-refractivity contribution in [3.05, 3.63) is 47.5 Å². The van der Waals surface area contributed by atoms with E-state index in [1.54, 1.807) is 11.1 Å². The molecule has 0 radical (unpaired) electrons. The fraction of sp³-hybridized carbons (Fsp3) is 0.333. The molecule has 0 unspecified atom stereocenters. The van der Waals surface area contributed by atoms with Gasteiger partial charge in [0, 0.05) is 0 Å². The van der Waals surface area contributed by atoms with E-state index >= 15 is 0 Å². The van der Waals surface area contributed by atoms with Crippen LogP contribution in [0.2, 0.25) is 0 Å². The Morgan fingerprint density at radius 2 is 1.93 bits per heavy atom. The summed E-state index contributed by atoms with van der Waals surface area (Å²) in [5.41, 5.74) is 3.18. The Bertz CT molecular complexity index is 496. The molecule has 0 aromatic heterocycles. The minimum Gasteiger partial charge on any atom is -0.0622 e. The number of hydrogen-bond donors (Lipinski definition) is 0. The Hall–Kier alpha value is -1.30. The minimum atomic E-state index is 0.860. The number of hydrogen-bond acceptors (Lipinski definition) is 0. The van der Waals surface area contributed by atoms with Crippen LogP contribution in [0.15, 0.2) is 36.4 Å². The van der Waals surface area contributed by atoms with Crippen molar-refractivity contribution in [2.45, 2.75) is 26.2 Å². The van der Waals surface area contributed by atoms with Crippen molar-refractivity contribution in [1.82, 2.24) is 0 Å². The van der Waals surface area contributed by atoms with Crippen molar-refractivity contribution in [2.24, 2.45) is 5.92 Å². The SMILES string of the molecule is C[C@@H]1CCc2c(ccc3ccccc23)C1. The van der Waals surface area contributed by atoms with E-state index in [0.717, 1.165) is 5.92 Å². The summed E-state index contributed by atoms with van der Waals surface area (Å²) in [5, 5.41) is 2.87. The summed E-state index contributed by atoms with van der Waals surface area (Å²) >= 11 is 0. The lowest BCUT2D eigenvalue weighted by Crippen LogP contribution is -2.11. The summed E-state index contributed by atoms with van der Waals surface area (Å²) in [5.74, 6) is 0.860. The van der Waals surface area contributed by atoms with Crippen LogP contribution in [-0.4, -0.2) is 0 Å². The third kappa shape index (κ3) is 1.45. The molecule has 0 bridgehead atoms. The van der Waals surface area contributed by atoms with E-state index in [4.69, 9.17) is 0 Å². The van der Waals surface area contributed by atoms with Crippen molar-refractivity contribution in [2.75, 3.05) is 0 Å². The fourth-order valence-corrected chi connectivity index (χ4v) is 2.74. The fourth-order valence-electron chi connectivity index (χ4n) is 2.74. The molecule has 2 aromatic rings. The molecule has 1 aliphatic carbocycles. The molecular formula is C15H16. The van der Waals surface area contributed by atoms with Gasteiger partial charge in [0.2, 0.25) is 0 Å². The normalized spacial score (nSPS) is 20.2. The summed E-state index contributed by atoms with van der Waals surface area (Å²) in [6, 6.07) is 13.4. The maximum atomic E-state index is 2.36. The average molecular weight is 196 g/mol. The predicted molar refractivity (Wildman–Crippen MR) is 65.1 cm³/mol. The molecule has 0 heterocycles. The van der Waals surface area contributed by atoms with Crippen LogP contribution in [0.5, 0.6) is 0 Å². The highest BCUT2D eigenvalue weighted by Gasteiger charge is 2.16. The molecule has 1 aliphatic rings. The highest BCUT2D eigenvalue weighted by atomic mass is 14.2. The van der Waals surface area contributed by atoms with Crippen LogP contribution in [0.3, 0.4) is 0 Å². The molecule has 76 valence electrons. The molecule has 3 rings (SSSR count). The second-order valence-electron chi connectivity index (χ2n) is 4.77. The minimum absolute atomic E-state index is 0.860. The molecule has 0 saturated carbocycles. The second kappa shape index (κ2) is 3.37. The summed E-state index contributed by atoms with van der Waals surface area (Å²) < 4.78 is 0. The molecule has 1 atom stereocenters. The molecule has 0 N–H and O–H groups in total. The van der Waals surface area contributed by atoms with Gasteiger partial charge in [-0.3, -0.25) is 0 Å². The van der Waals surface area contributed by atoms with Crippen LogP contribution in [0.4, 0.5) is 0 Å². The van der Waals surface area contributed by atoms with Gasteiger partial charge < -0.3 is 0 Å². The van der Waals surface area contributed by atoms with Gasteiger partial charge in [-0.1, -0.05) is 43.3 Å². The van der Waals surface area contributed by atoms with Gasteiger partial charge in [-0.25, -0.2) is 0 Å². The smallest absolute Gasteiger partial charge is 0.0149 e. The number of fused-ring (bicyclic) bond motifs is 3. The van der Waals surface area contributed by atoms with Gasteiger partial charge in [-0.2, -0.15) is 0 Å². The molecule has 15 heavy (non-hydrogen) atoms. The number of rotatable bonds is 0. The number of benzene rings is 2. The van der Waals surface area contributed by atoms with Crippen molar-refractivity contribution in [1.29, 1.82) is 0 Å². The van der Waals surface area contributed by atoms with E-state index in [9.17, 15) is 0 Å². The zero-order valence-corrected chi connectivity index (χ0v) is 9.16. The van der Waals surface area contributed by atoms with Crippen molar-refractivity contribution >= 4 is 10.8 Å². The van der Waals surface area contributed by atoms with E-state index < -0.39 is 0 Å². The molecule has 0 aliphatic heterocycles. The molecule has 0 spiro atoms. The maximum absolute atomic E-state index is 2.36. The molecule has 0 saturated heterocycles. The van der Waals surface area contributed by atoms with Crippen molar-refractivity contribution < 1.29 is 0 Å². The zero-order chi connectivity index (χ0) is 10.3. The van der Waals surface area contributed by atoms with Crippen LogP contribution in [-0.2, 0) is 12.8 Å². The van der Waals surface area contributed by atoms with E-state index in [-0.39, 0.29) is 0 Å². The summed E-state index contributed by atoms with van der Waals surface area (Å²) in [6.45, 7) is 2.36. The van der Waals surface area contributed by atoms with Crippen LogP contribution >= 0.6 is 0 Å². The third-order valence-electron chi connectivity index (χ3n) is 3.59. The lowest BCUT2D eigenvalue weighted by molar-refractivity contribution is 0.503. The second-order valence-corrected chi connectivity index (χ2v) is 4.77. The largest absolute Gasteiger partial charge is 0.0622 e. The first-order valence-electron chi connectivity index (χ1n) is 5.84. The van der Waals surface area contributed by atoms with E-state index in [1.807, 2.05) is 0 Å². The molecule has 0 heteroatoms. The molecule has 2 aromatic carbocycles. The van der Waals surface area contributed by atoms with Crippen LogP contribution in [0, 0.1) is 5.92 Å². The lowest BCUT2D eigenvalue weighted by Gasteiger charge is -2.22. The van der Waals surface area contributed by atoms with Gasteiger partial charge in [0.15, 0.2) is 0 Å². The van der Waals surface area contributed by atoms with Crippen molar-refractivity contribution in [3.63, 3.8) is 0 Å². The van der Waals surface area contributed by atoms with Crippen LogP contribution < -0.4 is 0 Å². The van der Waals surface area contributed by atoms with E-state index in [1.165, 1.54) is 30.0 Å². The Balaban J connectivity index is 2.25. The summed E-state index contributed by atoms with van der Waals surface area (Å²) in [6.07, 6.45) is 3.87. The van der Waals surface area contributed by atoms with Gasteiger partial charge in [0.1, 0.15) is 0 Å². The maximum Gasteiger partial charge on any atom is -0.0149 e. The number of aryl methyl sites for hydroxylation is 1. The monoisotopic (exact) mass is 196 g/mol.